The van der Waals surface area contributed by atoms with Crippen LogP contribution in [0.4, 0.5) is 0 Å². The van der Waals surface area contributed by atoms with Gasteiger partial charge >= 0.3 is 35.8 Å². The molecule has 2 aromatic carbocycles. The molecule has 2 fully saturated rings. The molecule has 2 aliphatic rings. The van der Waals surface area contributed by atoms with Gasteiger partial charge in [-0.3, -0.25) is 38.5 Å². The molecule has 0 radical (unpaired) electrons. The summed E-state index contributed by atoms with van der Waals surface area (Å²) in [5, 5.41) is 19.8. The fourth-order valence-electron chi connectivity index (χ4n) is 9.61. The van der Waals surface area contributed by atoms with Crippen molar-refractivity contribution >= 4 is 53.2 Å². The van der Waals surface area contributed by atoms with Crippen molar-refractivity contribution in [3.05, 3.63) is 131 Å². The Hall–Kier alpha value is -6.24. The number of nitrogens with one attached hydrogen (secondary N) is 1. The number of carbonyl (C=O) groups excluding carboxylic acids is 5. The molecule has 18 heteroatoms. The third-order valence-corrected chi connectivity index (χ3v) is 17.6. The highest BCUT2D eigenvalue weighted by Crippen LogP contribution is 2.34. The third kappa shape index (κ3) is 41.1. The molecule has 0 saturated carbocycles. The highest BCUT2D eigenvalue weighted by atomic mass is 35.5. The van der Waals surface area contributed by atoms with Crippen molar-refractivity contribution in [2.45, 2.75) is 258 Å². The van der Waals surface area contributed by atoms with Gasteiger partial charge in [-0.15, -0.1) is 11.6 Å². The number of unbranched alkanes of at least 4 members (excludes halogenated alkanes) is 3. The molecule has 7 N–H and O–H groups in total. The van der Waals surface area contributed by atoms with Crippen LogP contribution in [0, 0.1) is 35.5 Å². The summed E-state index contributed by atoms with van der Waals surface area (Å²) in [5.74, 6) is -0.917. The van der Waals surface area contributed by atoms with Crippen molar-refractivity contribution < 1.29 is 62.6 Å². The minimum atomic E-state index is -0.706. The first kappa shape index (κ1) is 98.4. The number of likely N-dealkylation sites (N-methyl/N-ethyl adjacent to an activating group) is 1. The van der Waals surface area contributed by atoms with Crippen LogP contribution in [0.2, 0.25) is 0 Å². The number of alkyl halides is 1. The Morgan fingerprint density at radius 3 is 1.54 bits per heavy atom. The first-order chi connectivity index (χ1) is 43.7. The van der Waals surface area contributed by atoms with Crippen LogP contribution >= 0.6 is 11.6 Å². The Morgan fingerprint density at radius 1 is 0.635 bits per heavy atom. The number of nitrogens with two attached hydrogens (primary N) is 2. The van der Waals surface area contributed by atoms with E-state index in [1.54, 1.807) is 34.8 Å². The number of cyclic esters (lactones) is 4. The normalized spacial score (nSPS) is 17.3. The lowest BCUT2D eigenvalue weighted by Gasteiger charge is -2.20. The highest BCUT2D eigenvalue weighted by molar-refractivity contribution is 6.17. The maximum absolute atomic E-state index is 11.5. The van der Waals surface area contributed by atoms with Gasteiger partial charge < -0.3 is 41.2 Å². The fraction of sp³-hybridized carbons (Fsp3) is 0.628. The van der Waals surface area contributed by atoms with Crippen LogP contribution in [-0.2, 0) is 60.2 Å². The van der Waals surface area contributed by atoms with Gasteiger partial charge in [0.2, 0.25) is 0 Å². The van der Waals surface area contributed by atoms with Gasteiger partial charge in [-0.1, -0.05) is 173 Å². The quantitative estimate of drug-likeness (QED) is 0.0107. The van der Waals surface area contributed by atoms with E-state index in [1.165, 1.54) is 40.7 Å². The molecule has 2 aliphatic heterocycles. The van der Waals surface area contributed by atoms with E-state index in [1.807, 2.05) is 63.6 Å². The summed E-state index contributed by atoms with van der Waals surface area (Å²) >= 11 is 5.69. The average molecular weight is 1370 g/mol. The summed E-state index contributed by atoms with van der Waals surface area (Å²) in [6.07, 6.45) is 20.6. The van der Waals surface area contributed by atoms with Gasteiger partial charge in [-0.2, -0.15) is 0 Å². The zero-order chi connectivity index (χ0) is 69.7. The molecular formula is C78H133ClN5O12+. The Bertz CT molecular complexity index is 2650. The Balaban J connectivity index is -0.000000350. The maximum atomic E-state index is 11.5. The molecule has 96 heavy (non-hydrogen) atoms. The molecular weight excluding hydrogens is 1230 g/mol. The Morgan fingerprint density at radius 2 is 1.16 bits per heavy atom. The number of nitrogens with zero attached hydrogens (tertiary/aromatic N) is 2. The lowest BCUT2D eigenvalue weighted by Crippen LogP contribution is -2.32. The van der Waals surface area contributed by atoms with E-state index >= 15 is 0 Å². The van der Waals surface area contributed by atoms with E-state index in [2.05, 4.69) is 134 Å². The van der Waals surface area contributed by atoms with Crippen LogP contribution in [0.25, 0.3) is 0 Å². The number of halogens is 1. The maximum Gasteiger partial charge on any atom is 0.317 e. The smallest absolute Gasteiger partial charge is 0.317 e. The van der Waals surface area contributed by atoms with Gasteiger partial charge in [-0.05, 0) is 168 Å². The molecule has 0 amide bonds. The number of aliphatic carboxylic acids is 2. The predicted octanol–water partition coefficient (Wildman–Crippen LogP) is 16.8. The van der Waals surface area contributed by atoms with E-state index in [4.69, 9.17) is 38.0 Å². The molecule has 12 unspecified atom stereocenters. The molecule has 6 rings (SSSR count). The molecule has 0 spiro atoms. The van der Waals surface area contributed by atoms with E-state index in [-0.39, 0.29) is 102 Å². The molecule has 4 aromatic rings. The number of ketones is 1. The van der Waals surface area contributed by atoms with Crippen LogP contribution in [0.15, 0.2) is 104 Å². The van der Waals surface area contributed by atoms with Gasteiger partial charge in [0, 0.05) is 50.4 Å². The van der Waals surface area contributed by atoms with Gasteiger partial charge in [0.15, 0.2) is 12.4 Å². The second kappa shape index (κ2) is 57.8. The van der Waals surface area contributed by atoms with Crippen LogP contribution in [0.3, 0.4) is 0 Å². The second-order valence-corrected chi connectivity index (χ2v) is 24.8. The number of hydrogen-bond acceptors (Lipinski definition) is 14. The number of benzene rings is 2. The van der Waals surface area contributed by atoms with Gasteiger partial charge in [-0.25, -0.2) is 4.57 Å². The number of rotatable bonds is 30. The number of hydrogen-bond donors (Lipinski definition) is 5. The van der Waals surface area contributed by atoms with Gasteiger partial charge in [0.25, 0.3) is 0 Å². The van der Waals surface area contributed by atoms with E-state index in [0.29, 0.717) is 48.9 Å². The zero-order valence-electron chi connectivity index (χ0n) is 58.4. The van der Waals surface area contributed by atoms with Crippen molar-refractivity contribution in [1.82, 2.24) is 10.3 Å². The SMILES string of the molecule is C.C.C.C.CC(CC1C(=O)OC(=O)C1C)c1ccccc1.CCC(C)C(=O)O.CCC(C)CN.CCC(C)c1ccc(CCl)cc1.CCC(CC(C)c1ccncc1)c1cc[n+](CCCCCC(=O)O)cc1.CNC(CCCCN)C(C)=O.COC(C)CC1C(=O)OC(=O)C1C. The lowest BCUT2D eigenvalue weighted by atomic mass is 9.85. The first-order valence-corrected chi connectivity index (χ1v) is 33.9. The van der Waals surface area contributed by atoms with Crippen LogP contribution < -0.4 is 21.4 Å². The standard InChI is InChI=1S/C22H30N2O2.C14H16O3.C11H15Cl.C9H14O4.C8H18N2O.C5H13N.C5H10O2.4CH4/c1-3-19(17-18(2)20-8-12-23-13-9-20)21-10-15-24(16-11-21)14-6-4-5-7-22(25)26;1-9(11-6-4-3-5-7-11)8-12-10(2)13(15)17-14(12)16;1-3-9(2)11-6-4-10(8-12)5-7-11;1-5(12-3)4-7-6(2)8(10)13-9(7)11;1-7(11)8(10-2)5-3-4-6-9;1-3-5(2)4-6;1-3-4(2)5(6)7;;;;/h8-13,15-16,18-19H,3-7,14,17H2,1-2H3;3-7,9-10,12H,8H2,1-2H3;4-7,9H,3,8H2,1-2H3;5-7H,4H2,1-3H3;8,10H,3-6,9H2,1-2H3;5H,3-4,6H2,1-2H3;4H,3H2,1-2H3,(H,6,7);4*1H4/p+1. The van der Waals surface area contributed by atoms with Gasteiger partial charge in [0.1, 0.15) is 12.3 Å². The molecule has 4 heterocycles. The van der Waals surface area contributed by atoms with E-state index in [0.717, 1.165) is 70.9 Å². The Labute approximate surface area is 586 Å². The highest BCUT2D eigenvalue weighted by Gasteiger charge is 2.42. The number of carboxylic acid groups (broad SMARTS) is 2. The lowest BCUT2D eigenvalue weighted by molar-refractivity contribution is -0.697. The second-order valence-electron chi connectivity index (χ2n) is 24.5. The van der Waals surface area contributed by atoms with Crippen molar-refractivity contribution in [2.24, 2.45) is 47.0 Å². The first-order valence-electron chi connectivity index (χ1n) is 33.4. The van der Waals surface area contributed by atoms with Crippen molar-refractivity contribution in [3.8, 4) is 0 Å². The number of Topliss-reactive ketones (excluding diaryl/α,β-unsaturated/α-hetero) is 1. The van der Waals surface area contributed by atoms with Crippen LogP contribution in [-0.4, -0.2) is 96.2 Å². The fourth-order valence-corrected chi connectivity index (χ4v) is 9.79. The van der Waals surface area contributed by atoms with Crippen molar-refractivity contribution in [1.29, 1.82) is 0 Å². The number of ether oxygens (including phenoxy) is 3. The molecule has 0 bridgehead atoms. The largest absolute Gasteiger partial charge is 0.481 e. The number of carbonyl (C=O) groups is 7. The summed E-state index contributed by atoms with van der Waals surface area (Å²) < 4.78 is 16.4. The summed E-state index contributed by atoms with van der Waals surface area (Å²) in [6.45, 7) is 28.4. The van der Waals surface area contributed by atoms with Gasteiger partial charge in [0.05, 0.1) is 41.7 Å². The minimum Gasteiger partial charge on any atom is -0.481 e. The number of aryl methyl sites for hydroxylation is 1. The monoisotopic (exact) mass is 1370 g/mol. The number of aromatic nitrogens is 2. The average Bonchev–Trinajstić information content (AvgIpc) is 1.76. The third-order valence-electron chi connectivity index (χ3n) is 17.3. The molecule has 548 valence electrons. The summed E-state index contributed by atoms with van der Waals surface area (Å²) in [6, 6.07) is 27.3. The number of pyridine rings is 2. The Kier molecular flexibility index (Phi) is 59.3. The number of carboxylic acids is 2. The minimum absolute atomic E-state index is 0. The van der Waals surface area contributed by atoms with E-state index < -0.39 is 23.9 Å². The van der Waals surface area contributed by atoms with Crippen LogP contribution in [0.1, 0.15) is 261 Å². The molecule has 2 saturated heterocycles. The van der Waals surface area contributed by atoms with Crippen molar-refractivity contribution in [2.75, 3.05) is 27.2 Å². The topological polar surface area (TPSA) is 268 Å². The number of methoxy groups -OCH3 is 1. The summed E-state index contributed by atoms with van der Waals surface area (Å²) in [4.78, 5) is 80.4. The molecule has 12 atom stereocenters. The molecule has 17 nitrogen and oxygen atoms in total. The molecule has 2 aromatic heterocycles. The van der Waals surface area contributed by atoms with Crippen molar-refractivity contribution in [3.63, 3.8) is 0 Å². The van der Waals surface area contributed by atoms with Crippen LogP contribution in [0.5, 0.6) is 0 Å². The molecule has 0 aliphatic carbocycles. The predicted molar refractivity (Wildman–Crippen MR) is 395 cm³/mol. The summed E-state index contributed by atoms with van der Waals surface area (Å²) in [7, 11) is 3.39. The zero-order valence-corrected chi connectivity index (χ0v) is 59.1. The van der Waals surface area contributed by atoms with E-state index in [9.17, 15) is 33.6 Å². The number of esters is 4. The summed E-state index contributed by atoms with van der Waals surface area (Å²) in [5.41, 5.74) is 17.2.